The van der Waals surface area contributed by atoms with Crippen molar-refractivity contribution in [2.75, 3.05) is 13.1 Å². The lowest BCUT2D eigenvalue weighted by Crippen LogP contribution is -2.46. The third-order valence-corrected chi connectivity index (χ3v) is 8.85. The second kappa shape index (κ2) is 10.6. The predicted molar refractivity (Wildman–Crippen MR) is 126 cm³/mol. The third kappa shape index (κ3) is 5.76. The fourth-order valence-corrected chi connectivity index (χ4v) is 7.15. The van der Waals surface area contributed by atoms with Gasteiger partial charge in [0.2, 0.25) is 10.0 Å². The zero-order valence-corrected chi connectivity index (χ0v) is 20.4. The number of hydrogen-bond acceptors (Lipinski definition) is 5. The van der Waals surface area contributed by atoms with Crippen molar-refractivity contribution in [3.05, 3.63) is 51.2 Å². The molecule has 9 heteroatoms. The number of benzene rings is 1. The molecular weight excluding hydrogens is 446 g/mol. The second-order valence-corrected chi connectivity index (χ2v) is 11.2. The van der Waals surface area contributed by atoms with E-state index in [0.29, 0.717) is 24.4 Å². The summed E-state index contributed by atoms with van der Waals surface area (Å²) in [5.41, 5.74) is 2.54. The van der Waals surface area contributed by atoms with Crippen molar-refractivity contribution < 1.29 is 18.0 Å². The Bertz CT molecular complexity index is 1040. The van der Waals surface area contributed by atoms with E-state index in [2.05, 4.69) is 10.6 Å². The number of nitrogens with one attached hydrogen (secondary N) is 2. The first kappa shape index (κ1) is 24.4. The number of carbonyl (C=O) groups is 2. The first-order chi connectivity index (χ1) is 15.2. The van der Waals surface area contributed by atoms with Crippen LogP contribution in [-0.4, -0.2) is 43.7 Å². The molecule has 1 fully saturated rings. The van der Waals surface area contributed by atoms with Gasteiger partial charge in [0, 0.05) is 24.0 Å². The zero-order valence-electron chi connectivity index (χ0n) is 18.8. The topological polar surface area (TPSA) is 95.6 Å². The molecule has 1 unspecified atom stereocenters. The molecule has 1 aromatic heterocycles. The van der Waals surface area contributed by atoms with Crippen molar-refractivity contribution in [3.8, 4) is 0 Å². The molecule has 0 radical (unpaired) electrons. The zero-order chi connectivity index (χ0) is 23.3. The average molecular weight is 478 g/mol. The molecule has 1 aliphatic heterocycles. The van der Waals surface area contributed by atoms with Crippen LogP contribution in [0.4, 0.5) is 0 Å². The standard InChI is InChI=1S/C23H31N3O4S2/c1-16-13-17(2)21(18(3)14-16)32(29,30)26-11-5-4-7-19(26)9-10-24-22(27)23(28)25-15-20-8-6-12-31-20/h6,8,12-14,19H,4-5,7,9-11,15H2,1-3H3,(H,24,27)(H,25,28). The van der Waals surface area contributed by atoms with Crippen molar-refractivity contribution in [3.63, 3.8) is 0 Å². The number of amides is 2. The Morgan fingerprint density at radius 2 is 1.78 bits per heavy atom. The van der Waals surface area contributed by atoms with Crippen LogP contribution in [0.15, 0.2) is 34.5 Å². The smallest absolute Gasteiger partial charge is 0.309 e. The van der Waals surface area contributed by atoms with Crippen molar-refractivity contribution in [2.24, 2.45) is 0 Å². The highest BCUT2D eigenvalue weighted by Crippen LogP contribution is 2.31. The number of nitrogens with zero attached hydrogens (tertiary/aromatic N) is 1. The van der Waals surface area contributed by atoms with Gasteiger partial charge in [0.15, 0.2) is 0 Å². The molecule has 174 valence electrons. The minimum Gasteiger partial charge on any atom is -0.348 e. The molecule has 1 saturated heterocycles. The van der Waals surface area contributed by atoms with Crippen molar-refractivity contribution in [1.29, 1.82) is 0 Å². The van der Waals surface area contributed by atoms with Crippen LogP contribution >= 0.6 is 11.3 Å². The van der Waals surface area contributed by atoms with Gasteiger partial charge in [-0.3, -0.25) is 9.59 Å². The quantitative estimate of drug-likeness (QED) is 0.599. The molecule has 0 spiro atoms. The maximum atomic E-state index is 13.5. The predicted octanol–water partition coefficient (Wildman–Crippen LogP) is 3.04. The first-order valence-electron chi connectivity index (χ1n) is 10.9. The third-order valence-electron chi connectivity index (χ3n) is 5.72. The SMILES string of the molecule is Cc1cc(C)c(S(=O)(=O)N2CCCCC2CCNC(=O)C(=O)NCc2cccs2)c(C)c1. The monoisotopic (exact) mass is 477 g/mol. The molecule has 1 aliphatic rings. The molecule has 1 atom stereocenters. The summed E-state index contributed by atoms with van der Waals surface area (Å²) < 4.78 is 28.6. The van der Waals surface area contributed by atoms with E-state index in [4.69, 9.17) is 0 Å². The molecule has 32 heavy (non-hydrogen) atoms. The number of rotatable bonds is 7. The highest BCUT2D eigenvalue weighted by atomic mass is 32.2. The lowest BCUT2D eigenvalue weighted by molar-refractivity contribution is -0.139. The van der Waals surface area contributed by atoms with E-state index in [-0.39, 0.29) is 12.6 Å². The van der Waals surface area contributed by atoms with Crippen molar-refractivity contribution in [1.82, 2.24) is 14.9 Å². The summed E-state index contributed by atoms with van der Waals surface area (Å²) in [5.74, 6) is -1.38. The Hall–Kier alpha value is -2.23. The van der Waals surface area contributed by atoms with Gasteiger partial charge in [0.1, 0.15) is 0 Å². The van der Waals surface area contributed by atoms with Gasteiger partial charge in [-0.05, 0) is 62.6 Å². The lowest BCUT2D eigenvalue weighted by atomic mass is 10.0. The largest absolute Gasteiger partial charge is 0.348 e. The average Bonchev–Trinajstić information content (AvgIpc) is 3.25. The summed E-state index contributed by atoms with van der Waals surface area (Å²) in [7, 11) is -3.65. The van der Waals surface area contributed by atoms with Crippen molar-refractivity contribution >= 4 is 33.2 Å². The van der Waals surface area contributed by atoms with Crippen LogP contribution < -0.4 is 10.6 Å². The molecule has 0 saturated carbocycles. The Balaban J connectivity index is 1.61. The summed E-state index contributed by atoms with van der Waals surface area (Å²) in [5, 5.41) is 7.14. The van der Waals surface area contributed by atoms with E-state index in [1.54, 1.807) is 4.31 Å². The molecule has 7 nitrogen and oxygen atoms in total. The maximum absolute atomic E-state index is 13.5. The van der Waals surface area contributed by atoms with E-state index < -0.39 is 21.8 Å². The molecule has 2 N–H and O–H groups in total. The Morgan fingerprint density at radius 3 is 2.44 bits per heavy atom. The first-order valence-corrected chi connectivity index (χ1v) is 13.2. The van der Waals surface area contributed by atoms with Gasteiger partial charge in [-0.2, -0.15) is 4.31 Å². The number of thiophene rings is 1. The van der Waals surface area contributed by atoms with Crippen LogP contribution in [0.2, 0.25) is 0 Å². The summed E-state index contributed by atoms with van der Waals surface area (Å²) in [6, 6.07) is 7.36. The van der Waals surface area contributed by atoms with Gasteiger partial charge in [0.05, 0.1) is 11.4 Å². The fraction of sp³-hybridized carbons (Fsp3) is 0.478. The number of hydrogen-bond donors (Lipinski definition) is 2. The fourth-order valence-electron chi connectivity index (χ4n) is 4.36. The molecule has 1 aromatic carbocycles. The van der Waals surface area contributed by atoms with E-state index in [1.165, 1.54) is 11.3 Å². The molecular formula is C23H31N3O4S2. The highest BCUT2D eigenvalue weighted by molar-refractivity contribution is 7.89. The van der Waals surface area contributed by atoms with Gasteiger partial charge < -0.3 is 10.6 Å². The minimum absolute atomic E-state index is 0.205. The maximum Gasteiger partial charge on any atom is 0.309 e. The highest BCUT2D eigenvalue weighted by Gasteiger charge is 2.35. The van der Waals surface area contributed by atoms with E-state index in [9.17, 15) is 18.0 Å². The molecule has 2 amide bonds. The Labute approximate surface area is 194 Å². The summed E-state index contributed by atoms with van der Waals surface area (Å²) in [6.07, 6.45) is 2.96. The molecule has 0 bridgehead atoms. The van der Waals surface area contributed by atoms with Gasteiger partial charge in [-0.1, -0.05) is 30.2 Å². The molecule has 2 aromatic rings. The molecule has 0 aliphatic carbocycles. The van der Waals surface area contributed by atoms with Crippen LogP contribution in [-0.2, 0) is 26.2 Å². The number of carbonyl (C=O) groups excluding carboxylic acids is 2. The minimum atomic E-state index is -3.65. The number of sulfonamides is 1. The van der Waals surface area contributed by atoms with Crippen LogP contribution in [0.3, 0.4) is 0 Å². The Kier molecular flexibility index (Phi) is 8.08. The van der Waals surface area contributed by atoms with Gasteiger partial charge >= 0.3 is 11.8 Å². The van der Waals surface area contributed by atoms with E-state index in [0.717, 1.165) is 40.8 Å². The van der Waals surface area contributed by atoms with Crippen LogP contribution in [0.1, 0.15) is 47.3 Å². The van der Waals surface area contributed by atoms with Crippen LogP contribution in [0, 0.1) is 20.8 Å². The number of piperidine rings is 1. The van der Waals surface area contributed by atoms with E-state index in [1.807, 2.05) is 50.4 Å². The van der Waals surface area contributed by atoms with Gasteiger partial charge in [0.25, 0.3) is 0 Å². The van der Waals surface area contributed by atoms with E-state index >= 15 is 0 Å². The number of aryl methyl sites for hydroxylation is 3. The summed E-state index contributed by atoms with van der Waals surface area (Å²) >= 11 is 1.51. The van der Waals surface area contributed by atoms with Crippen LogP contribution in [0.5, 0.6) is 0 Å². The molecule has 3 rings (SSSR count). The summed E-state index contributed by atoms with van der Waals surface area (Å²) in [4.78, 5) is 25.5. The second-order valence-electron chi connectivity index (χ2n) is 8.30. The van der Waals surface area contributed by atoms with Gasteiger partial charge in [-0.15, -0.1) is 11.3 Å². The normalized spacial score (nSPS) is 17.2. The lowest BCUT2D eigenvalue weighted by Gasteiger charge is -2.35. The van der Waals surface area contributed by atoms with Crippen molar-refractivity contribution in [2.45, 2.75) is 63.9 Å². The van der Waals surface area contributed by atoms with Gasteiger partial charge in [-0.25, -0.2) is 8.42 Å². The van der Waals surface area contributed by atoms with Crippen LogP contribution in [0.25, 0.3) is 0 Å². The summed E-state index contributed by atoms with van der Waals surface area (Å²) in [6.45, 7) is 6.65. The Morgan fingerprint density at radius 1 is 1.09 bits per heavy atom. The molecule has 2 heterocycles.